The van der Waals surface area contributed by atoms with Gasteiger partial charge in [0.2, 0.25) is 0 Å². The molecule has 0 amide bonds. The summed E-state index contributed by atoms with van der Waals surface area (Å²) in [6.07, 6.45) is 3.19. The first kappa shape index (κ1) is 6.01. The van der Waals surface area contributed by atoms with E-state index in [4.69, 9.17) is 9.05 Å². The largest absolute Gasteiger partial charge is 0.360 e. The van der Waals surface area contributed by atoms with E-state index in [0.717, 1.165) is 11.1 Å². The molecule has 0 radical (unpaired) electrons. The lowest BCUT2D eigenvalue weighted by Crippen LogP contribution is -1.69. The Kier molecular flexibility index (Phi) is 1.63. The van der Waals surface area contributed by atoms with Crippen LogP contribution < -0.4 is 0 Å². The van der Waals surface area contributed by atoms with Gasteiger partial charge in [-0.1, -0.05) is 5.33 Å². The van der Waals surface area contributed by atoms with Crippen LogP contribution in [0.2, 0.25) is 0 Å². The molecule has 1 aromatic heterocycles. The molecule has 1 heterocycles. The molecule has 1 aromatic rings. The fourth-order valence-electron chi connectivity index (χ4n) is 0.439. The monoisotopic (exact) mass is 127 g/mol. The standard InChI is InChI=1S/C6H9NO2/c1-5-3-8-7-9-4-6(5)2/h3-4,7H,1-2H3. The quantitative estimate of drug-likeness (QED) is 0.578. The third-order valence-corrected chi connectivity index (χ3v) is 1.19. The van der Waals surface area contributed by atoms with Crippen molar-refractivity contribution in [2.75, 3.05) is 0 Å². The van der Waals surface area contributed by atoms with Crippen LogP contribution in [0, 0.1) is 13.8 Å². The summed E-state index contributed by atoms with van der Waals surface area (Å²) in [7, 11) is 0. The van der Waals surface area contributed by atoms with Gasteiger partial charge >= 0.3 is 0 Å². The van der Waals surface area contributed by atoms with Crippen molar-refractivity contribution in [3.63, 3.8) is 0 Å². The molecular formula is C6H9NO2. The van der Waals surface area contributed by atoms with E-state index in [9.17, 15) is 0 Å². The van der Waals surface area contributed by atoms with Gasteiger partial charge in [0, 0.05) is 0 Å². The summed E-state index contributed by atoms with van der Waals surface area (Å²) in [5.74, 6) is 0. The van der Waals surface area contributed by atoms with E-state index in [-0.39, 0.29) is 0 Å². The van der Waals surface area contributed by atoms with Crippen molar-refractivity contribution in [3.8, 4) is 0 Å². The minimum Gasteiger partial charge on any atom is -0.360 e. The van der Waals surface area contributed by atoms with Gasteiger partial charge in [-0.3, -0.25) is 0 Å². The van der Waals surface area contributed by atoms with Crippen LogP contribution in [-0.2, 0) is 0 Å². The van der Waals surface area contributed by atoms with Crippen molar-refractivity contribution in [2.45, 2.75) is 13.8 Å². The molecule has 0 aromatic carbocycles. The van der Waals surface area contributed by atoms with Gasteiger partial charge in [0.15, 0.2) is 0 Å². The van der Waals surface area contributed by atoms with Crippen LogP contribution in [0.15, 0.2) is 21.6 Å². The predicted octanol–water partition coefficient (Wildman–Crippen LogP) is 1.94. The summed E-state index contributed by atoms with van der Waals surface area (Å²) in [4.78, 5) is 0. The van der Waals surface area contributed by atoms with E-state index in [1.165, 1.54) is 0 Å². The summed E-state index contributed by atoms with van der Waals surface area (Å²) >= 11 is 0. The average molecular weight is 127 g/mol. The molecular weight excluding hydrogens is 118 g/mol. The Balaban J connectivity index is 3.24. The summed E-state index contributed by atoms with van der Waals surface area (Å²) in [5, 5.41) is 2.26. The Labute approximate surface area is 52.9 Å². The zero-order chi connectivity index (χ0) is 6.69. The molecule has 0 bridgehead atoms. The van der Waals surface area contributed by atoms with Crippen LogP contribution in [0.5, 0.6) is 0 Å². The van der Waals surface area contributed by atoms with Crippen molar-refractivity contribution in [2.24, 2.45) is 0 Å². The third kappa shape index (κ3) is 1.38. The highest BCUT2D eigenvalue weighted by Crippen LogP contribution is 1.99. The zero-order valence-electron chi connectivity index (χ0n) is 5.47. The van der Waals surface area contributed by atoms with Crippen LogP contribution in [0.4, 0.5) is 0 Å². The summed E-state index contributed by atoms with van der Waals surface area (Å²) in [5.41, 5.74) is 2.11. The number of rotatable bonds is 0. The van der Waals surface area contributed by atoms with E-state index in [1.807, 2.05) is 13.8 Å². The van der Waals surface area contributed by atoms with Crippen molar-refractivity contribution in [1.82, 2.24) is 5.33 Å². The second kappa shape index (κ2) is 2.44. The number of aromatic amines is 1. The molecule has 0 fully saturated rings. The van der Waals surface area contributed by atoms with Gasteiger partial charge < -0.3 is 9.05 Å². The Morgan fingerprint density at radius 1 is 1.11 bits per heavy atom. The lowest BCUT2D eigenvalue weighted by Gasteiger charge is -1.83. The van der Waals surface area contributed by atoms with E-state index in [2.05, 4.69) is 5.33 Å². The van der Waals surface area contributed by atoms with E-state index in [0.29, 0.717) is 0 Å². The molecule has 0 aliphatic heterocycles. The summed E-state index contributed by atoms with van der Waals surface area (Å²) in [6.45, 7) is 3.89. The first-order valence-corrected chi connectivity index (χ1v) is 2.71. The first-order chi connectivity index (χ1) is 4.30. The molecule has 50 valence electrons. The van der Waals surface area contributed by atoms with Gasteiger partial charge in [-0.05, 0) is 25.0 Å². The van der Waals surface area contributed by atoms with Crippen LogP contribution in [0.3, 0.4) is 0 Å². The smallest absolute Gasteiger partial charge is 0.126 e. The van der Waals surface area contributed by atoms with Gasteiger partial charge in [0.1, 0.15) is 12.5 Å². The number of nitrogens with one attached hydrogen (secondary N) is 1. The SMILES string of the molecule is Cc1co[nH]occ1C. The molecule has 9 heavy (non-hydrogen) atoms. The second-order valence-electron chi connectivity index (χ2n) is 1.92. The molecule has 0 unspecified atom stereocenters. The lowest BCUT2D eigenvalue weighted by molar-refractivity contribution is 0.193. The Hall–Kier alpha value is -1.12. The number of H-pyrrole nitrogens is 1. The lowest BCUT2D eigenvalue weighted by atomic mass is 10.2. The fraction of sp³-hybridized carbons (Fsp3) is 0.333. The zero-order valence-corrected chi connectivity index (χ0v) is 5.47. The van der Waals surface area contributed by atoms with Crippen LogP contribution in [-0.4, -0.2) is 5.33 Å². The molecule has 3 nitrogen and oxygen atoms in total. The van der Waals surface area contributed by atoms with Crippen LogP contribution >= 0.6 is 0 Å². The normalized spacial score (nSPS) is 9.11. The van der Waals surface area contributed by atoms with Crippen molar-refractivity contribution < 1.29 is 9.05 Å². The van der Waals surface area contributed by atoms with Crippen LogP contribution in [0.25, 0.3) is 0 Å². The Bertz CT molecular complexity index is 196. The van der Waals surface area contributed by atoms with Gasteiger partial charge in [0.05, 0.1) is 0 Å². The number of aryl methyl sites for hydroxylation is 2. The third-order valence-electron chi connectivity index (χ3n) is 1.19. The topological polar surface area (TPSA) is 42.1 Å². The highest BCUT2D eigenvalue weighted by molar-refractivity contribution is 5.12. The minimum absolute atomic E-state index is 1.06. The van der Waals surface area contributed by atoms with Gasteiger partial charge in [-0.2, -0.15) is 0 Å². The summed E-state index contributed by atoms with van der Waals surface area (Å²) in [6, 6.07) is 0. The molecule has 0 spiro atoms. The molecule has 0 aliphatic carbocycles. The maximum atomic E-state index is 4.69. The fourth-order valence-corrected chi connectivity index (χ4v) is 0.439. The van der Waals surface area contributed by atoms with Crippen molar-refractivity contribution in [1.29, 1.82) is 0 Å². The van der Waals surface area contributed by atoms with Gasteiger partial charge in [0.25, 0.3) is 0 Å². The first-order valence-electron chi connectivity index (χ1n) is 2.71. The van der Waals surface area contributed by atoms with E-state index < -0.39 is 0 Å². The highest BCUT2D eigenvalue weighted by Gasteiger charge is 1.86. The minimum atomic E-state index is 1.06. The van der Waals surface area contributed by atoms with Crippen LogP contribution in [0.1, 0.15) is 11.1 Å². The number of hydrogen-bond donors (Lipinski definition) is 1. The Morgan fingerprint density at radius 2 is 1.56 bits per heavy atom. The Morgan fingerprint density at radius 3 is 2.00 bits per heavy atom. The molecule has 0 atom stereocenters. The number of aromatic nitrogens is 1. The average Bonchev–Trinajstić information content (AvgIpc) is 1.99. The van der Waals surface area contributed by atoms with E-state index in [1.54, 1.807) is 12.5 Å². The van der Waals surface area contributed by atoms with E-state index >= 15 is 0 Å². The molecule has 0 aliphatic rings. The van der Waals surface area contributed by atoms with Crippen molar-refractivity contribution in [3.05, 3.63) is 23.7 Å². The molecule has 3 heteroatoms. The van der Waals surface area contributed by atoms with Crippen molar-refractivity contribution >= 4 is 0 Å². The molecule has 0 saturated heterocycles. The maximum Gasteiger partial charge on any atom is 0.126 e. The predicted molar refractivity (Wildman–Crippen MR) is 32.4 cm³/mol. The second-order valence-corrected chi connectivity index (χ2v) is 1.92. The molecule has 0 saturated carbocycles. The highest BCUT2D eigenvalue weighted by atomic mass is 16.7. The molecule has 1 rings (SSSR count). The molecule has 1 N–H and O–H groups in total. The number of hydrogen-bond acceptors (Lipinski definition) is 2. The van der Waals surface area contributed by atoms with Gasteiger partial charge in [-0.25, -0.2) is 0 Å². The summed E-state index contributed by atoms with van der Waals surface area (Å²) < 4.78 is 9.38. The van der Waals surface area contributed by atoms with Gasteiger partial charge in [-0.15, -0.1) is 0 Å². The maximum absolute atomic E-state index is 4.69.